The molecular weight excluding hydrogens is 204 g/mol. The fraction of sp³-hybridized carbons (Fsp3) is 0.375. The molecule has 1 aromatic heterocycles. The molecule has 0 fully saturated rings. The van der Waals surface area contributed by atoms with Crippen molar-refractivity contribution in [3.63, 3.8) is 0 Å². The number of esters is 1. The molecule has 0 radical (unpaired) electrons. The zero-order chi connectivity index (χ0) is 10.6. The highest BCUT2D eigenvalue weighted by Gasteiger charge is 2.09. The zero-order valence-corrected chi connectivity index (χ0v) is 8.63. The van der Waals surface area contributed by atoms with Crippen LogP contribution in [0.25, 0.3) is 0 Å². The fourth-order valence-corrected chi connectivity index (χ4v) is 1.13. The number of thioether (sulfide) groups is 1. The van der Waals surface area contributed by atoms with Crippen LogP contribution in [0.4, 0.5) is 0 Å². The molecule has 0 unspecified atom stereocenters. The van der Waals surface area contributed by atoms with Gasteiger partial charge in [0.05, 0.1) is 12.2 Å². The number of hydrogen-bond donors (Lipinski definition) is 0. The smallest absolute Gasteiger partial charge is 0.340 e. The lowest BCUT2D eigenvalue weighted by atomic mass is 10.3. The monoisotopic (exact) mass is 213 g/mol. The Bertz CT molecular complexity index is 343. The summed E-state index contributed by atoms with van der Waals surface area (Å²) in [6, 6.07) is 0. The predicted octanol–water partition coefficient (Wildman–Crippen LogP) is 0.449. The second-order valence-corrected chi connectivity index (χ2v) is 3.07. The molecule has 1 aromatic rings. The van der Waals surface area contributed by atoms with E-state index in [9.17, 15) is 9.90 Å². The van der Waals surface area contributed by atoms with Gasteiger partial charge in [-0.05, 0) is 13.2 Å². The van der Waals surface area contributed by atoms with Crippen molar-refractivity contribution in [2.24, 2.45) is 0 Å². The highest BCUT2D eigenvalue weighted by Crippen LogP contribution is 2.15. The maximum Gasteiger partial charge on any atom is 0.340 e. The minimum Gasteiger partial charge on any atom is -0.858 e. The average molecular weight is 213 g/mol. The van der Waals surface area contributed by atoms with Crippen LogP contribution in [0.3, 0.4) is 0 Å². The van der Waals surface area contributed by atoms with E-state index in [0.29, 0.717) is 5.16 Å². The second-order valence-electron chi connectivity index (χ2n) is 2.30. The van der Waals surface area contributed by atoms with E-state index in [1.54, 1.807) is 13.2 Å². The van der Waals surface area contributed by atoms with Crippen LogP contribution in [-0.4, -0.2) is 28.8 Å². The van der Waals surface area contributed by atoms with E-state index < -0.39 is 11.8 Å². The van der Waals surface area contributed by atoms with Crippen LogP contribution < -0.4 is 5.11 Å². The fourth-order valence-electron chi connectivity index (χ4n) is 0.798. The molecule has 76 valence electrons. The highest BCUT2D eigenvalue weighted by atomic mass is 32.2. The van der Waals surface area contributed by atoms with E-state index in [-0.39, 0.29) is 12.2 Å². The first kappa shape index (κ1) is 10.8. The summed E-state index contributed by atoms with van der Waals surface area (Å²) < 4.78 is 4.66. The summed E-state index contributed by atoms with van der Waals surface area (Å²) in [5, 5.41) is 11.6. The number of aromatic nitrogens is 2. The quantitative estimate of drug-likeness (QED) is 0.412. The molecule has 0 aromatic carbocycles. The zero-order valence-electron chi connectivity index (χ0n) is 7.81. The Morgan fingerprint density at radius 3 is 2.93 bits per heavy atom. The number of carbonyl (C=O) groups is 1. The minimum atomic E-state index is -0.676. The Hall–Kier alpha value is -1.30. The molecule has 14 heavy (non-hydrogen) atoms. The summed E-state index contributed by atoms with van der Waals surface area (Å²) in [6.45, 7) is 1.89. The number of rotatable bonds is 3. The van der Waals surface area contributed by atoms with Gasteiger partial charge in [-0.1, -0.05) is 11.8 Å². The SMILES string of the molecule is CCOC(=O)c1cnc(SC)nc1[O-]. The Labute approximate surface area is 85.5 Å². The van der Waals surface area contributed by atoms with Crippen LogP contribution >= 0.6 is 11.8 Å². The van der Waals surface area contributed by atoms with Crippen molar-refractivity contribution in [3.05, 3.63) is 11.8 Å². The van der Waals surface area contributed by atoms with Gasteiger partial charge in [-0.15, -0.1) is 0 Å². The molecule has 0 bridgehead atoms. The van der Waals surface area contributed by atoms with E-state index in [1.165, 1.54) is 18.0 Å². The van der Waals surface area contributed by atoms with Crippen LogP contribution in [0.15, 0.2) is 11.4 Å². The second kappa shape index (κ2) is 4.80. The first-order chi connectivity index (χ1) is 6.69. The molecule has 5 nitrogen and oxygen atoms in total. The van der Waals surface area contributed by atoms with Gasteiger partial charge in [0.15, 0.2) is 5.16 Å². The lowest BCUT2D eigenvalue weighted by molar-refractivity contribution is -0.276. The van der Waals surface area contributed by atoms with Gasteiger partial charge in [-0.3, -0.25) is 0 Å². The van der Waals surface area contributed by atoms with E-state index in [1.807, 2.05) is 0 Å². The molecular formula is C8H9N2O3S-. The summed E-state index contributed by atoms with van der Waals surface area (Å²) in [5.41, 5.74) is -0.121. The largest absolute Gasteiger partial charge is 0.858 e. The lowest BCUT2D eigenvalue weighted by Gasteiger charge is -2.10. The molecule has 1 heterocycles. The number of carbonyl (C=O) groups excluding carboxylic acids is 1. The lowest BCUT2D eigenvalue weighted by Crippen LogP contribution is -2.11. The molecule has 0 spiro atoms. The van der Waals surface area contributed by atoms with Crippen LogP contribution in [0.5, 0.6) is 5.88 Å². The molecule has 0 saturated carbocycles. The van der Waals surface area contributed by atoms with Gasteiger partial charge in [-0.2, -0.15) is 0 Å². The summed E-state index contributed by atoms with van der Waals surface area (Å²) in [6.07, 6.45) is 2.94. The van der Waals surface area contributed by atoms with Gasteiger partial charge in [0, 0.05) is 12.1 Å². The number of hydrogen-bond acceptors (Lipinski definition) is 6. The molecule has 0 saturated heterocycles. The van der Waals surface area contributed by atoms with Crippen LogP contribution in [0.1, 0.15) is 17.3 Å². The Morgan fingerprint density at radius 2 is 2.43 bits per heavy atom. The Morgan fingerprint density at radius 1 is 1.71 bits per heavy atom. The van der Waals surface area contributed by atoms with Crippen LogP contribution in [0.2, 0.25) is 0 Å². The van der Waals surface area contributed by atoms with Crippen LogP contribution in [-0.2, 0) is 4.74 Å². The highest BCUT2D eigenvalue weighted by molar-refractivity contribution is 7.98. The Balaban J connectivity index is 2.94. The molecule has 0 amide bonds. The summed E-state index contributed by atoms with van der Waals surface area (Å²) in [4.78, 5) is 18.6. The van der Waals surface area contributed by atoms with Crippen molar-refractivity contribution in [1.29, 1.82) is 0 Å². The number of ether oxygens (including phenoxy) is 1. The summed E-state index contributed by atoms with van der Waals surface area (Å²) in [5.74, 6) is -1.27. The van der Waals surface area contributed by atoms with Gasteiger partial charge in [0.1, 0.15) is 0 Å². The van der Waals surface area contributed by atoms with Crippen LogP contribution in [0, 0.1) is 0 Å². The van der Waals surface area contributed by atoms with Crippen molar-refractivity contribution in [3.8, 4) is 5.88 Å². The standard InChI is InChI=1S/C8H10N2O3S/c1-3-13-7(12)5-4-9-8(14-2)10-6(5)11/h4H,3H2,1-2H3,(H,9,10,11)/p-1. The first-order valence-electron chi connectivity index (χ1n) is 3.94. The van der Waals surface area contributed by atoms with E-state index in [0.717, 1.165) is 0 Å². The molecule has 0 aliphatic rings. The van der Waals surface area contributed by atoms with Crippen molar-refractivity contribution in [2.45, 2.75) is 12.1 Å². The third-order valence-electron chi connectivity index (χ3n) is 1.41. The summed E-state index contributed by atoms with van der Waals surface area (Å²) >= 11 is 1.24. The van der Waals surface area contributed by atoms with E-state index in [4.69, 9.17) is 0 Å². The third kappa shape index (κ3) is 2.35. The van der Waals surface area contributed by atoms with Gasteiger partial charge in [0.25, 0.3) is 0 Å². The van der Waals surface area contributed by atoms with Gasteiger partial charge in [-0.25, -0.2) is 14.8 Å². The maximum atomic E-state index is 11.2. The predicted molar refractivity (Wildman–Crippen MR) is 49.2 cm³/mol. The third-order valence-corrected chi connectivity index (χ3v) is 1.97. The molecule has 0 atom stereocenters. The van der Waals surface area contributed by atoms with Crippen molar-refractivity contribution in [1.82, 2.24) is 9.97 Å². The maximum absolute atomic E-state index is 11.2. The van der Waals surface area contributed by atoms with E-state index in [2.05, 4.69) is 14.7 Å². The molecule has 6 heteroatoms. The minimum absolute atomic E-state index is 0.121. The van der Waals surface area contributed by atoms with Crippen molar-refractivity contribution < 1.29 is 14.6 Å². The van der Waals surface area contributed by atoms with E-state index >= 15 is 0 Å². The Kier molecular flexibility index (Phi) is 3.70. The molecule has 0 N–H and O–H groups in total. The average Bonchev–Trinajstić information content (AvgIpc) is 2.17. The topological polar surface area (TPSA) is 75.1 Å². The van der Waals surface area contributed by atoms with Gasteiger partial charge in [0.2, 0.25) is 0 Å². The molecule has 1 rings (SSSR count). The van der Waals surface area contributed by atoms with Crippen molar-refractivity contribution in [2.75, 3.05) is 12.9 Å². The molecule has 0 aliphatic carbocycles. The normalized spacial score (nSPS) is 9.86. The molecule has 0 aliphatic heterocycles. The first-order valence-corrected chi connectivity index (χ1v) is 5.16. The number of nitrogens with zero attached hydrogens (tertiary/aromatic N) is 2. The van der Waals surface area contributed by atoms with Gasteiger partial charge < -0.3 is 9.84 Å². The van der Waals surface area contributed by atoms with Crippen molar-refractivity contribution >= 4 is 17.7 Å². The summed E-state index contributed by atoms with van der Waals surface area (Å²) in [7, 11) is 0. The van der Waals surface area contributed by atoms with Gasteiger partial charge >= 0.3 is 5.97 Å².